The van der Waals surface area contributed by atoms with E-state index in [-0.39, 0.29) is 6.04 Å². The Morgan fingerprint density at radius 3 is 2.70 bits per heavy atom. The van der Waals surface area contributed by atoms with E-state index in [1.807, 2.05) is 26.8 Å². The first-order valence-corrected chi connectivity index (χ1v) is 7.80. The number of ether oxygens (including phenoxy) is 2. The van der Waals surface area contributed by atoms with E-state index in [0.717, 1.165) is 5.69 Å². The molecule has 2 N–H and O–H groups in total. The normalized spacial score (nSPS) is 12.2. The van der Waals surface area contributed by atoms with Gasteiger partial charge in [-0.2, -0.15) is 0 Å². The quantitative estimate of drug-likeness (QED) is 0.729. The topological polar surface area (TPSA) is 59.6 Å². The van der Waals surface area contributed by atoms with Crippen molar-refractivity contribution in [3.63, 3.8) is 0 Å². The highest BCUT2D eigenvalue weighted by atomic mass is 35.5. The number of methoxy groups -OCH3 is 1. The molecule has 1 rings (SSSR count). The van der Waals surface area contributed by atoms with E-state index in [2.05, 4.69) is 17.2 Å². The molecule has 0 heterocycles. The number of benzene rings is 1. The largest absolute Gasteiger partial charge is 0.495 e. The summed E-state index contributed by atoms with van der Waals surface area (Å²) in [6.45, 7) is 9.72. The van der Waals surface area contributed by atoms with Crippen molar-refractivity contribution in [3.8, 4) is 5.75 Å². The lowest BCUT2D eigenvalue weighted by Gasteiger charge is -2.23. The summed E-state index contributed by atoms with van der Waals surface area (Å²) in [7, 11) is 1.57. The minimum Gasteiger partial charge on any atom is -0.495 e. The minimum absolute atomic E-state index is 0.135. The molecule has 1 atom stereocenters. The van der Waals surface area contributed by atoms with Crippen LogP contribution in [0.5, 0.6) is 5.75 Å². The molecule has 0 aliphatic heterocycles. The summed E-state index contributed by atoms with van der Waals surface area (Å²) in [5.41, 5.74) is 0.325. The van der Waals surface area contributed by atoms with E-state index in [4.69, 9.17) is 21.1 Å². The molecule has 0 bridgehead atoms. The van der Waals surface area contributed by atoms with Gasteiger partial charge in [0.2, 0.25) is 0 Å². The van der Waals surface area contributed by atoms with Gasteiger partial charge in [0, 0.05) is 18.3 Å². The summed E-state index contributed by atoms with van der Waals surface area (Å²) in [6.07, 6.45) is 1.93. The van der Waals surface area contributed by atoms with Crippen LogP contribution < -0.4 is 15.4 Å². The average molecular weight is 341 g/mol. The smallest absolute Gasteiger partial charge is 0.407 e. The maximum absolute atomic E-state index is 11.9. The molecular formula is C17H25ClN2O3. The van der Waals surface area contributed by atoms with Gasteiger partial charge in [0.05, 0.1) is 18.2 Å². The highest BCUT2D eigenvalue weighted by Gasteiger charge is 2.19. The van der Waals surface area contributed by atoms with Crippen molar-refractivity contribution in [2.45, 2.75) is 38.8 Å². The molecule has 1 amide bonds. The number of nitrogens with one attached hydrogen (secondary N) is 2. The summed E-state index contributed by atoms with van der Waals surface area (Å²) in [6, 6.07) is 5.28. The van der Waals surface area contributed by atoms with Gasteiger partial charge in [0.15, 0.2) is 0 Å². The second kappa shape index (κ2) is 8.67. The summed E-state index contributed by atoms with van der Waals surface area (Å²) in [4.78, 5) is 11.9. The van der Waals surface area contributed by atoms with Crippen LogP contribution in [0.4, 0.5) is 10.5 Å². The maximum Gasteiger partial charge on any atom is 0.407 e. The van der Waals surface area contributed by atoms with Crippen molar-refractivity contribution in [1.29, 1.82) is 0 Å². The Morgan fingerprint density at radius 1 is 1.43 bits per heavy atom. The molecule has 5 nitrogen and oxygen atoms in total. The molecule has 23 heavy (non-hydrogen) atoms. The lowest BCUT2D eigenvalue weighted by Crippen LogP contribution is -2.42. The molecule has 1 aromatic rings. The fraction of sp³-hybridized carbons (Fsp3) is 0.471. The first-order valence-electron chi connectivity index (χ1n) is 7.43. The van der Waals surface area contributed by atoms with E-state index in [1.54, 1.807) is 25.3 Å². The molecule has 0 aromatic heterocycles. The van der Waals surface area contributed by atoms with Gasteiger partial charge < -0.3 is 20.1 Å². The molecule has 0 aliphatic rings. The average Bonchev–Trinajstić information content (AvgIpc) is 2.44. The van der Waals surface area contributed by atoms with Crippen molar-refractivity contribution >= 4 is 23.4 Å². The number of amides is 1. The van der Waals surface area contributed by atoms with E-state index >= 15 is 0 Å². The molecule has 0 fully saturated rings. The van der Waals surface area contributed by atoms with Gasteiger partial charge in [-0.05, 0) is 39.3 Å². The summed E-state index contributed by atoms with van der Waals surface area (Å²) < 4.78 is 10.5. The number of carbonyl (C=O) groups is 1. The summed E-state index contributed by atoms with van der Waals surface area (Å²) in [5, 5.41) is 6.62. The zero-order valence-electron chi connectivity index (χ0n) is 14.1. The second-order valence-corrected chi connectivity index (χ2v) is 6.50. The molecule has 128 valence electrons. The Balaban J connectivity index is 2.62. The molecule has 0 aliphatic carbocycles. The number of carbonyl (C=O) groups excluding carboxylic acids is 1. The third-order valence-corrected chi connectivity index (χ3v) is 3.19. The van der Waals surface area contributed by atoms with Crippen LogP contribution in [0.1, 0.15) is 27.2 Å². The fourth-order valence-electron chi connectivity index (χ4n) is 1.88. The standard InChI is InChI=1S/C17H25ClN2O3/c1-6-7-13(20-16(21)23-17(2,3)4)11-19-12-8-9-14(18)15(10-12)22-5/h6,8-10,13,19H,1,7,11H2,2-5H3,(H,20,21)/t13-/m0/s1. The number of rotatable bonds is 7. The Labute approximate surface area is 143 Å². The van der Waals surface area contributed by atoms with Gasteiger partial charge >= 0.3 is 6.09 Å². The van der Waals surface area contributed by atoms with E-state index in [1.165, 1.54) is 0 Å². The number of hydrogen-bond acceptors (Lipinski definition) is 4. The first-order chi connectivity index (χ1) is 10.7. The molecule has 0 unspecified atom stereocenters. The molecule has 6 heteroatoms. The van der Waals surface area contributed by atoms with Crippen molar-refractivity contribution in [3.05, 3.63) is 35.9 Å². The predicted molar refractivity (Wildman–Crippen MR) is 94.5 cm³/mol. The fourth-order valence-corrected chi connectivity index (χ4v) is 2.07. The second-order valence-electron chi connectivity index (χ2n) is 6.10. The highest BCUT2D eigenvalue weighted by Crippen LogP contribution is 2.27. The number of halogens is 1. The van der Waals surface area contributed by atoms with Crippen LogP contribution >= 0.6 is 11.6 Å². The minimum atomic E-state index is -0.528. The monoisotopic (exact) mass is 340 g/mol. The van der Waals surface area contributed by atoms with Gasteiger partial charge in [-0.25, -0.2) is 4.79 Å². The number of alkyl carbamates (subject to hydrolysis) is 1. The molecule has 0 saturated carbocycles. The Morgan fingerprint density at radius 2 is 2.13 bits per heavy atom. The van der Waals surface area contributed by atoms with Gasteiger partial charge in [0.25, 0.3) is 0 Å². The third kappa shape index (κ3) is 7.28. The van der Waals surface area contributed by atoms with Crippen LogP contribution in [0.25, 0.3) is 0 Å². The van der Waals surface area contributed by atoms with Crippen molar-refractivity contribution in [2.24, 2.45) is 0 Å². The first kappa shape index (κ1) is 19.2. The highest BCUT2D eigenvalue weighted by molar-refractivity contribution is 6.32. The van der Waals surface area contributed by atoms with Crippen LogP contribution in [-0.4, -0.2) is 31.4 Å². The molecule has 0 radical (unpaired) electrons. The lowest BCUT2D eigenvalue weighted by molar-refractivity contribution is 0.0507. The maximum atomic E-state index is 11.9. The van der Waals surface area contributed by atoms with Gasteiger partial charge in [0.1, 0.15) is 11.4 Å². The Kier molecular flexibility index (Phi) is 7.23. The molecular weight excluding hydrogens is 316 g/mol. The van der Waals surface area contributed by atoms with Crippen LogP contribution in [0.15, 0.2) is 30.9 Å². The molecule has 1 aromatic carbocycles. The molecule has 0 saturated heterocycles. The van der Waals surface area contributed by atoms with Crippen LogP contribution in [0, 0.1) is 0 Å². The Hall–Kier alpha value is -1.88. The zero-order valence-corrected chi connectivity index (χ0v) is 14.9. The zero-order chi connectivity index (χ0) is 17.5. The lowest BCUT2D eigenvalue weighted by atomic mass is 10.2. The van der Waals surface area contributed by atoms with Crippen molar-refractivity contribution in [2.75, 3.05) is 19.0 Å². The summed E-state index contributed by atoms with van der Waals surface area (Å²) >= 11 is 6.00. The van der Waals surface area contributed by atoms with Crippen molar-refractivity contribution in [1.82, 2.24) is 5.32 Å². The van der Waals surface area contributed by atoms with Crippen LogP contribution in [0.2, 0.25) is 5.02 Å². The van der Waals surface area contributed by atoms with E-state index < -0.39 is 11.7 Å². The van der Waals surface area contributed by atoms with Gasteiger partial charge in [-0.15, -0.1) is 6.58 Å². The molecule has 0 spiro atoms. The SMILES string of the molecule is C=CC[C@@H](CNc1ccc(Cl)c(OC)c1)NC(=O)OC(C)(C)C. The number of anilines is 1. The summed E-state index contributed by atoms with van der Waals surface area (Å²) in [5.74, 6) is 0.594. The van der Waals surface area contributed by atoms with Gasteiger partial charge in [-0.3, -0.25) is 0 Å². The van der Waals surface area contributed by atoms with E-state index in [0.29, 0.717) is 23.7 Å². The third-order valence-electron chi connectivity index (χ3n) is 2.88. The van der Waals surface area contributed by atoms with E-state index in [9.17, 15) is 4.79 Å². The number of hydrogen-bond donors (Lipinski definition) is 2. The van der Waals surface area contributed by atoms with Crippen molar-refractivity contribution < 1.29 is 14.3 Å². The Bertz CT molecular complexity index is 541. The van der Waals surface area contributed by atoms with Gasteiger partial charge in [-0.1, -0.05) is 17.7 Å². The van der Waals surface area contributed by atoms with Crippen LogP contribution in [-0.2, 0) is 4.74 Å². The predicted octanol–water partition coefficient (Wildman–Crippen LogP) is 4.23. The van der Waals surface area contributed by atoms with Crippen LogP contribution in [0.3, 0.4) is 0 Å².